The predicted molar refractivity (Wildman–Crippen MR) is 109 cm³/mol. The van der Waals surface area contributed by atoms with Gasteiger partial charge in [0, 0.05) is 11.1 Å². The fourth-order valence-corrected chi connectivity index (χ4v) is 3.01. The molecule has 0 aliphatic carbocycles. The van der Waals surface area contributed by atoms with Crippen molar-refractivity contribution >= 4 is 27.1 Å². The second kappa shape index (κ2) is 7.54. The Morgan fingerprint density at radius 2 is 1.50 bits per heavy atom. The first-order valence-corrected chi connectivity index (χ1v) is 10.4. The maximum absolute atomic E-state index is 11.3. The number of phenols is 2. The Kier molecular flexibility index (Phi) is 4.90. The van der Waals surface area contributed by atoms with Gasteiger partial charge in [-0.05, 0) is 24.3 Å². The average Bonchev–Trinajstić information content (AvgIpc) is 2.70. The van der Waals surface area contributed by atoms with Gasteiger partial charge in [0.25, 0.3) is 10.1 Å². The Labute approximate surface area is 171 Å². The van der Waals surface area contributed by atoms with Gasteiger partial charge in [-0.2, -0.15) is 8.42 Å². The number of benzene rings is 2. The summed E-state index contributed by atoms with van der Waals surface area (Å²) in [5, 5.41) is 19.8. The minimum absolute atomic E-state index is 0.00165. The van der Waals surface area contributed by atoms with Crippen LogP contribution in [0, 0.1) is 0 Å². The molecule has 4 aromatic rings. The number of nitrogens with one attached hydrogen (secondary N) is 1. The number of nitrogens with zero attached hydrogens (tertiary/aromatic N) is 4. The Morgan fingerprint density at radius 1 is 0.900 bits per heavy atom. The van der Waals surface area contributed by atoms with Crippen LogP contribution in [0.25, 0.3) is 33.7 Å². The van der Waals surface area contributed by atoms with Crippen LogP contribution in [0.2, 0.25) is 0 Å². The maximum Gasteiger partial charge on any atom is 0.285 e. The van der Waals surface area contributed by atoms with Crippen LogP contribution >= 0.6 is 0 Å². The topological polar surface area (TPSA) is 147 Å². The zero-order valence-electron chi connectivity index (χ0n) is 15.5. The van der Waals surface area contributed by atoms with Gasteiger partial charge < -0.3 is 10.2 Å². The summed E-state index contributed by atoms with van der Waals surface area (Å²) < 4.78 is 27.3. The summed E-state index contributed by atoms with van der Waals surface area (Å²) in [7, 11) is -3.80. The van der Waals surface area contributed by atoms with Crippen molar-refractivity contribution in [2.75, 3.05) is 11.7 Å². The molecule has 0 saturated carbocycles. The summed E-state index contributed by atoms with van der Waals surface area (Å²) in [6.45, 7) is 0. The first-order valence-electron chi connectivity index (χ1n) is 8.56. The zero-order chi connectivity index (χ0) is 21.3. The first-order chi connectivity index (χ1) is 14.3. The van der Waals surface area contributed by atoms with Crippen molar-refractivity contribution in [3.8, 4) is 34.0 Å². The molecule has 0 amide bonds. The van der Waals surface area contributed by atoms with E-state index in [0.717, 1.165) is 6.26 Å². The average molecular weight is 425 g/mol. The van der Waals surface area contributed by atoms with Gasteiger partial charge in [-0.1, -0.05) is 24.3 Å². The van der Waals surface area contributed by atoms with E-state index in [9.17, 15) is 18.6 Å². The molecule has 0 aliphatic heterocycles. The highest BCUT2D eigenvalue weighted by Gasteiger charge is 2.18. The fourth-order valence-electron chi connectivity index (χ4n) is 2.78. The van der Waals surface area contributed by atoms with Crippen LogP contribution in [-0.4, -0.2) is 44.8 Å². The SMILES string of the molecule is CS(=O)(=O)ONc1ncnc2nc(-c3cccc(O)c3)c(-c3cccc(O)c3)nc12. The standard InChI is InChI=1S/C19H15N5O5S/c1-30(27,28)29-24-19-17-18(20-10-21-19)23-16(12-5-3-7-14(26)9-12)15(22-17)11-4-2-6-13(25)8-11/h2-10,25-26H,1H3,(H,20,21,23,24). The molecule has 152 valence electrons. The van der Waals surface area contributed by atoms with Crippen molar-refractivity contribution in [1.29, 1.82) is 0 Å². The van der Waals surface area contributed by atoms with E-state index in [4.69, 9.17) is 0 Å². The highest BCUT2D eigenvalue weighted by Crippen LogP contribution is 2.34. The number of rotatable bonds is 5. The third kappa shape index (κ3) is 4.11. The molecule has 10 nitrogen and oxygen atoms in total. The number of hydrogen-bond acceptors (Lipinski definition) is 10. The molecule has 0 atom stereocenters. The Hall–Kier alpha value is -3.83. The van der Waals surface area contributed by atoms with Crippen molar-refractivity contribution in [3.05, 3.63) is 54.9 Å². The Morgan fingerprint density at radius 3 is 2.07 bits per heavy atom. The minimum Gasteiger partial charge on any atom is -0.508 e. The number of anilines is 1. The van der Waals surface area contributed by atoms with Crippen LogP contribution in [0.5, 0.6) is 11.5 Å². The van der Waals surface area contributed by atoms with Crippen molar-refractivity contribution in [2.24, 2.45) is 0 Å². The van der Waals surface area contributed by atoms with Crippen molar-refractivity contribution in [3.63, 3.8) is 0 Å². The van der Waals surface area contributed by atoms with Gasteiger partial charge >= 0.3 is 0 Å². The quantitative estimate of drug-likeness (QED) is 0.407. The molecule has 0 spiro atoms. The molecule has 2 heterocycles. The second-order valence-corrected chi connectivity index (χ2v) is 7.88. The largest absolute Gasteiger partial charge is 0.508 e. The number of phenolic OH excluding ortho intramolecular Hbond substituents is 2. The van der Waals surface area contributed by atoms with Crippen LogP contribution in [0.4, 0.5) is 5.82 Å². The van der Waals surface area contributed by atoms with Gasteiger partial charge in [-0.15, -0.1) is 4.28 Å². The van der Waals surface area contributed by atoms with Crippen molar-refractivity contribution < 1.29 is 22.9 Å². The molecule has 2 aromatic heterocycles. The maximum atomic E-state index is 11.3. The number of hydrogen-bond donors (Lipinski definition) is 3. The Bertz CT molecular complexity index is 1360. The molecule has 11 heteroatoms. The fraction of sp³-hybridized carbons (Fsp3) is 0.0526. The van der Waals surface area contributed by atoms with Crippen molar-refractivity contribution in [1.82, 2.24) is 19.9 Å². The van der Waals surface area contributed by atoms with Gasteiger partial charge in [0.05, 0.1) is 17.6 Å². The van der Waals surface area contributed by atoms with E-state index in [1.54, 1.807) is 24.3 Å². The van der Waals surface area contributed by atoms with E-state index < -0.39 is 10.1 Å². The molecular weight excluding hydrogens is 410 g/mol. The normalized spacial score (nSPS) is 11.5. The molecule has 4 rings (SSSR count). The van der Waals surface area contributed by atoms with Crippen LogP contribution < -0.4 is 5.48 Å². The van der Waals surface area contributed by atoms with Gasteiger partial charge in [0.2, 0.25) is 0 Å². The number of aromatic hydroxyl groups is 2. The molecule has 30 heavy (non-hydrogen) atoms. The third-order valence-corrected chi connectivity index (χ3v) is 4.38. The summed E-state index contributed by atoms with van der Waals surface area (Å²) in [4.78, 5) is 17.2. The van der Waals surface area contributed by atoms with E-state index in [1.165, 1.54) is 30.6 Å². The predicted octanol–water partition coefficient (Wildman–Crippen LogP) is 2.47. The molecule has 0 unspecified atom stereocenters. The highest BCUT2D eigenvalue weighted by atomic mass is 32.2. The minimum atomic E-state index is -3.80. The van der Waals surface area contributed by atoms with Gasteiger partial charge in [-0.25, -0.2) is 25.4 Å². The molecule has 0 bridgehead atoms. The molecule has 0 fully saturated rings. The van der Waals surface area contributed by atoms with E-state index in [0.29, 0.717) is 22.5 Å². The van der Waals surface area contributed by atoms with E-state index in [2.05, 4.69) is 29.7 Å². The van der Waals surface area contributed by atoms with Crippen molar-refractivity contribution in [2.45, 2.75) is 0 Å². The molecule has 0 saturated heterocycles. The summed E-state index contributed by atoms with van der Waals surface area (Å²) >= 11 is 0. The van der Waals surface area contributed by atoms with E-state index in [1.807, 2.05) is 0 Å². The molecular formula is C19H15N5O5S. The molecule has 0 radical (unpaired) electrons. The number of aromatic nitrogens is 4. The van der Waals surface area contributed by atoms with Gasteiger partial charge in [0.1, 0.15) is 17.8 Å². The summed E-state index contributed by atoms with van der Waals surface area (Å²) in [5.41, 5.74) is 4.46. The summed E-state index contributed by atoms with van der Waals surface area (Å²) in [5.74, 6) is 0.0731. The molecule has 2 aromatic carbocycles. The number of fused-ring (bicyclic) bond motifs is 1. The van der Waals surface area contributed by atoms with E-state index in [-0.39, 0.29) is 28.5 Å². The smallest absolute Gasteiger partial charge is 0.285 e. The Balaban J connectivity index is 1.97. The third-order valence-electron chi connectivity index (χ3n) is 4.00. The first kappa shape index (κ1) is 19.5. The van der Waals surface area contributed by atoms with E-state index >= 15 is 0 Å². The van der Waals surface area contributed by atoms with Gasteiger partial charge in [-0.3, -0.25) is 0 Å². The molecule has 3 N–H and O–H groups in total. The zero-order valence-corrected chi connectivity index (χ0v) is 16.3. The highest BCUT2D eigenvalue weighted by molar-refractivity contribution is 7.86. The lowest BCUT2D eigenvalue weighted by molar-refractivity contribution is 0.394. The lowest BCUT2D eigenvalue weighted by Gasteiger charge is -2.12. The van der Waals surface area contributed by atoms with Crippen LogP contribution in [0.3, 0.4) is 0 Å². The van der Waals surface area contributed by atoms with Crippen LogP contribution in [-0.2, 0) is 14.4 Å². The lowest BCUT2D eigenvalue weighted by atomic mass is 10.0. The van der Waals surface area contributed by atoms with Crippen LogP contribution in [0.1, 0.15) is 0 Å². The molecule has 0 aliphatic rings. The lowest BCUT2D eigenvalue weighted by Crippen LogP contribution is -2.11. The second-order valence-electron chi connectivity index (χ2n) is 6.31. The summed E-state index contributed by atoms with van der Waals surface area (Å²) in [6, 6.07) is 12.9. The van der Waals surface area contributed by atoms with Gasteiger partial charge in [0.15, 0.2) is 17.0 Å². The monoisotopic (exact) mass is 425 g/mol. The summed E-state index contributed by atoms with van der Waals surface area (Å²) in [6.07, 6.45) is 2.07. The van der Waals surface area contributed by atoms with Crippen LogP contribution in [0.15, 0.2) is 54.9 Å².